The predicted octanol–water partition coefficient (Wildman–Crippen LogP) is 1.40. The average Bonchev–Trinajstić information content (AvgIpc) is 3.13. The smallest absolute Gasteiger partial charge is 0.414 e. The topological polar surface area (TPSA) is 90.9 Å². The van der Waals surface area contributed by atoms with E-state index in [4.69, 9.17) is 4.74 Å². The Morgan fingerprint density at radius 1 is 1.23 bits per heavy atom. The first-order valence-electron chi connectivity index (χ1n) is 9.79. The fourth-order valence-electron chi connectivity index (χ4n) is 3.66. The molecular formula is C20H23FN6O3. The van der Waals surface area contributed by atoms with Gasteiger partial charge in [0.15, 0.2) is 0 Å². The molecule has 30 heavy (non-hydrogen) atoms. The van der Waals surface area contributed by atoms with Crippen LogP contribution in [-0.4, -0.2) is 67.3 Å². The molecule has 10 heteroatoms. The van der Waals surface area contributed by atoms with E-state index in [1.165, 1.54) is 24.2 Å². The zero-order chi connectivity index (χ0) is 21.1. The fraction of sp³-hybridized carbons (Fsp3) is 0.400. The summed E-state index contributed by atoms with van der Waals surface area (Å²) in [7, 11) is 0. The maximum absolute atomic E-state index is 14.9. The summed E-state index contributed by atoms with van der Waals surface area (Å²) in [5, 5.41) is 2.62. The number of hydrogen-bond acceptors (Lipinski definition) is 7. The Hall–Kier alpha value is -3.43. The minimum absolute atomic E-state index is 0.195. The average molecular weight is 414 g/mol. The molecule has 0 saturated carbocycles. The van der Waals surface area contributed by atoms with Gasteiger partial charge in [0.05, 0.1) is 24.5 Å². The van der Waals surface area contributed by atoms with Gasteiger partial charge in [0.25, 0.3) is 0 Å². The largest absolute Gasteiger partial charge is 0.442 e. The lowest BCUT2D eigenvalue weighted by atomic mass is 10.2. The number of amides is 2. The third-order valence-corrected chi connectivity index (χ3v) is 5.21. The first-order chi connectivity index (χ1) is 14.5. The molecule has 1 atom stereocenters. The highest BCUT2D eigenvalue weighted by Gasteiger charge is 2.33. The zero-order valence-electron chi connectivity index (χ0n) is 16.6. The van der Waals surface area contributed by atoms with Gasteiger partial charge in [-0.2, -0.15) is 0 Å². The molecule has 3 heterocycles. The lowest BCUT2D eigenvalue weighted by molar-refractivity contribution is -0.119. The molecule has 2 aliphatic rings. The van der Waals surface area contributed by atoms with Crippen molar-refractivity contribution in [2.24, 2.45) is 0 Å². The number of ether oxygens (including phenoxy) is 1. The Kier molecular flexibility index (Phi) is 5.64. The van der Waals surface area contributed by atoms with E-state index in [1.54, 1.807) is 18.3 Å². The summed E-state index contributed by atoms with van der Waals surface area (Å²) in [5.41, 5.74) is 0.939. The number of nitrogens with zero attached hydrogens (tertiary/aromatic N) is 5. The molecular weight excluding hydrogens is 391 g/mol. The number of carbonyl (C=O) groups excluding carboxylic acids is 2. The van der Waals surface area contributed by atoms with Crippen LogP contribution in [0, 0.1) is 5.82 Å². The second-order valence-corrected chi connectivity index (χ2v) is 7.23. The van der Waals surface area contributed by atoms with Crippen LogP contribution in [0.3, 0.4) is 0 Å². The number of piperazine rings is 1. The molecule has 0 spiro atoms. The van der Waals surface area contributed by atoms with Crippen LogP contribution >= 0.6 is 0 Å². The van der Waals surface area contributed by atoms with Crippen molar-refractivity contribution in [1.29, 1.82) is 0 Å². The molecule has 2 aliphatic heterocycles. The minimum atomic E-state index is -0.545. The molecule has 0 bridgehead atoms. The van der Waals surface area contributed by atoms with Crippen LogP contribution in [0.15, 0.2) is 36.8 Å². The molecule has 2 fully saturated rings. The first kappa shape index (κ1) is 19.9. The Balaban J connectivity index is 1.39. The third-order valence-electron chi connectivity index (χ3n) is 5.21. The molecule has 1 aromatic carbocycles. The maximum Gasteiger partial charge on any atom is 0.414 e. The maximum atomic E-state index is 14.9. The van der Waals surface area contributed by atoms with E-state index >= 15 is 0 Å². The van der Waals surface area contributed by atoms with Crippen LogP contribution < -0.4 is 20.0 Å². The summed E-state index contributed by atoms with van der Waals surface area (Å²) < 4.78 is 20.1. The van der Waals surface area contributed by atoms with Crippen LogP contribution in [0.2, 0.25) is 0 Å². The lowest BCUT2D eigenvalue weighted by Gasteiger charge is -2.36. The summed E-state index contributed by atoms with van der Waals surface area (Å²) in [4.78, 5) is 36.9. The van der Waals surface area contributed by atoms with Crippen LogP contribution in [0.1, 0.15) is 6.92 Å². The lowest BCUT2D eigenvalue weighted by Crippen LogP contribution is -2.47. The van der Waals surface area contributed by atoms with E-state index in [9.17, 15) is 14.0 Å². The van der Waals surface area contributed by atoms with Gasteiger partial charge in [-0.3, -0.25) is 9.69 Å². The second-order valence-electron chi connectivity index (χ2n) is 7.23. The second kappa shape index (κ2) is 8.52. The standard InChI is InChI=1S/C20H23FN6O3/c1-14(28)23-11-16-12-27(20(29)30-16)15-2-3-18(17(21)10-15)25-6-8-26(9-7-25)19-4-5-22-13-24-19/h2-5,10,13,16H,6-9,11-12H2,1H3,(H,23,28). The van der Waals surface area contributed by atoms with Crippen molar-refractivity contribution in [3.63, 3.8) is 0 Å². The number of rotatable bonds is 5. The van der Waals surface area contributed by atoms with Gasteiger partial charge >= 0.3 is 6.09 Å². The van der Waals surface area contributed by atoms with Crippen molar-refractivity contribution >= 4 is 29.2 Å². The molecule has 9 nitrogen and oxygen atoms in total. The van der Waals surface area contributed by atoms with E-state index in [-0.39, 0.29) is 24.8 Å². The summed E-state index contributed by atoms with van der Waals surface area (Å²) in [6.07, 6.45) is 2.22. The first-order valence-corrected chi connectivity index (χ1v) is 9.79. The number of aromatic nitrogens is 2. The molecule has 158 valence electrons. The van der Waals surface area contributed by atoms with Gasteiger partial charge in [-0.1, -0.05) is 0 Å². The van der Waals surface area contributed by atoms with Crippen LogP contribution in [0.4, 0.5) is 26.4 Å². The van der Waals surface area contributed by atoms with Gasteiger partial charge in [-0.05, 0) is 24.3 Å². The van der Waals surface area contributed by atoms with Gasteiger partial charge < -0.3 is 19.9 Å². The van der Waals surface area contributed by atoms with Crippen molar-refractivity contribution in [1.82, 2.24) is 15.3 Å². The summed E-state index contributed by atoms with van der Waals surface area (Å²) in [6.45, 7) is 4.65. The highest BCUT2D eigenvalue weighted by Crippen LogP contribution is 2.29. The minimum Gasteiger partial charge on any atom is -0.442 e. The van der Waals surface area contributed by atoms with Crippen LogP contribution in [0.25, 0.3) is 0 Å². The Labute approximate surface area is 173 Å². The van der Waals surface area contributed by atoms with E-state index in [2.05, 4.69) is 20.2 Å². The molecule has 2 amide bonds. The highest BCUT2D eigenvalue weighted by molar-refractivity contribution is 5.90. The Morgan fingerprint density at radius 2 is 2.00 bits per heavy atom. The number of benzene rings is 1. The molecule has 1 aromatic heterocycles. The number of carbonyl (C=O) groups is 2. The van der Waals surface area contributed by atoms with Crippen molar-refractivity contribution in [3.05, 3.63) is 42.6 Å². The Bertz CT molecular complexity index is 920. The molecule has 2 aromatic rings. The van der Waals surface area contributed by atoms with Gasteiger partial charge in [0, 0.05) is 39.3 Å². The number of halogens is 1. The summed E-state index contributed by atoms with van der Waals surface area (Å²) in [6, 6.07) is 6.63. The van der Waals surface area contributed by atoms with Crippen LogP contribution in [-0.2, 0) is 9.53 Å². The molecule has 4 rings (SSSR count). The van der Waals surface area contributed by atoms with Gasteiger partial charge in [-0.25, -0.2) is 19.2 Å². The molecule has 1 N–H and O–H groups in total. The number of cyclic esters (lactones) is 1. The van der Waals surface area contributed by atoms with Crippen molar-refractivity contribution < 1.29 is 18.7 Å². The molecule has 0 aliphatic carbocycles. The normalized spacial score (nSPS) is 19.1. The van der Waals surface area contributed by atoms with E-state index in [0.717, 1.165) is 18.9 Å². The predicted molar refractivity (Wildman–Crippen MR) is 109 cm³/mol. The van der Waals surface area contributed by atoms with Crippen molar-refractivity contribution in [2.45, 2.75) is 13.0 Å². The van der Waals surface area contributed by atoms with E-state index in [0.29, 0.717) is 24.5 Å². The Morgan fingerprint density at radius 3 is 2.67 bits per heavy atom. The van der Waals surface area contributed by atoms with Gasteiger partial charge in [0.1, 0.15) is 24.1 Å². The molecule has 2 saturated heterocycles. The van der Waals surface area contributed by atoms with E-state index in [1.807, 2.05) is 11.0 Å². The van der Waals surface area contributed by atoms with Gasteiger partial charge in [-0.15, -0.1) is 0 Å². The fourth-order valence-corrected chi connectivity index (χ4v) is 3.66. The van der Waals surface area contributed by atoms with E-state index < -0.39 is 12.2 Å². The number of anilines is 3. The van der Waals surface area contributed by atoms with Crippen molar-refractivity contribution in [2.75, 3.05) is 54.0 Å². The van der Waals surface area contributed by atoms with Crippen molar-refractivity contribution in [3.8, 4) is 0 Å². The third kappa shape index (κ3) is 4.27. The highest BCUT2D eigenvalue weighted by atomic mass is 19.1. The number of hydrogen-bond donors (Lipinski definition) is 1. The SMILES string of the molecule is CC(=O)NCC1CN(c2ccc(N3CCN(c4ccncn4)CC3)c(F)c2)C(=O)O1. The molecule has 1 unspecified atom stereocenters. The summed E-state index contributed by atoms with van der Waals surface area (Å²) in [5.74, 6) is 0.280. The number of nitrogens with one attached hydrogen (secondary N) is 1. The molecule has 0 radical (unpaired) electrons. The zero-order valence-corrected chi connectivity index (χ0v) is 16.6. The monoisotopic (exact) mass is 414 g/mol. The quantitative estimate of drug-likeness (QED) is 0.791. The van der Waals surface area contributed by atoms with Gasteiger partial charge in [0.2, 0.25) is 5.91 Å². The van der Waals surface area contributed by atoms with Crippen LogP contribution in [0.5, 0.6) is 0 Å². The summed E-state index contributed by atoms with van der Waals surface area (Å²) >= 11 is 0.